The summed E-state index contributed by atoms with van der Waals surface area (Å²) in [6.07, 6.45) is 2.85. The Morgan fingerprint density at radius 3 is 2.82 bits per heavy atom. The second-order valence-corrected chi connectivity index (χ2v) is 5.08. The summed E-state index contributed by atoms with van der Waals surface area (Å²) in [6, 6.07) is 0. The standard InChI is InChI=1S/C12H22N2O2S/c1-3-4-10(11(13)17)12(15)14-7-9-5-6-16-8(9)2/h8-10H,3-7H2,1-2H3,(H2,13,17)(H,14,15). The van der Waals surface area contributed by atoms with Crippen LogP contribution >= 0.6 is 12.2 Å². The number of ether oxygens (including phenoxy) is 1. The molecule has 0 saturated carbocycles. The Bertz CT molecular complexity index is 284. The Morgan fingerprint density at radius 1 is 1.65 bits per heavy atom. The summed E-state index contributed by atoms with van der Waals surface area (Å²) in [7, 11) is 0. The molecule has 0 aliphatic carbocycles. The van der Waals surface area contributed by atoms with E-state index in [9.17, 15) is 4.79 Å². The molecule has 1 fully saturated rings. The van der Waals surface area contributed by atoms with Gasteiger partial charge in [-0.3, -0.25) is 4.79 Å². The van der Waals surface area contributed by atoms with Gasteiger partial charge in [-0.2, -0.15) is 0 Å². The lowest BCUT2D eigenvalue weighted by Crippen LogP contribution is -2.40. The summed E-state index contributed by atoms with van der Waals surface area (Å²) in [5.74, 6) is 0.0404. The molecule has 5 heteroatoms. The number of nitrogens with two attached hydrogens (primary N) is 1. The Hall–Kier alpha value is -0.680. The number of rotatable bonds is 6. The fourth-order valence-corrected chi connectivity index (χ4v) is 2.32. The summed E-state index contributed by atoms with van der Waals surface area (Å²) in [5.41, 5.74) is 5.58. The predicted molar refractivity (Wildman–Crippen MR) is 71.7 cm³/mol. The molecule has 1 heterocycles. The molecule has 4 nitrogen and oxygen atoms in total. The van der Waals surface area contributed by atoms with Crippen molar-refractivity contribution in [3.05, 3.63) is 0 Å². The van der Waals surface area contributed by atoms with E-state index in [0.717, 1.165) is 25.9 Å². The minimum atomic E-state index is -0.326. The van der Waals surface area contributed by atoms with Crippen LogP contribution in [-0.4, -0.2) is 30.2 Å². The number of amides is 1. The molecule has 0 radical (unpaired) electrons. The first kappa shape index (κ1) is 14.4. The minimum Gasteiger partial charge on any atom is -0.393 e. The Morgan fingerprint density at radius 2 is 2.35 bits per heavy atom. The summed E-state index contributed by atoms with van der Waals surface area (Å²) >= 11 is 4.92. The van der Waals surface area contributed by atoms with Crippen molar-refractivity contribution in [2.24, 2.45) is 17.6 Å². The second-order valence-electron chi connectivity index (χ2n) is 4.61. The molecule has 98 valence electrons. The molecule has 17 heavy (non-hydrogen) atoms. The van der Waals surface area contributed by atoms with E-state index in [1.165, 1.54) is 0 Å². The highest BCUT2D eigenvalue weighted by Gasteiger charge is 2.26. The van der Waals surface area contributed by atoms with E-state index in [0.29, 0.717) is 17.5 Å². The Labute approximate surface area is 108 Å². The van der Waals surface area contributed by atoms with Crippen LogP contribution in [0.4, 0.5) is 0 Å². The van der Waals surface area contributed by atoms with Crippen LogP contribution in [0.1, 0.15) is 33.1 Å². The van der Waals surface area contributed by atoms with E-state index in [1.807, 2.05) is 13.8 Å². The highest BCUT2D eigenvalue weighted by molar-refractivity contribution is 7.80. The normalized spacial score (nSPS) is 25.5. The van der Waals surface area contributed by atoms with Crippen molar-refractivity contribution in [2.75, 3.05) is 13.2 Å². The zero-order valence-corrected chi connectivity index (χ0v) is 11.4. The first-order valence-corrected chi connectivity index (χ1v) is 6.65. The van der Waals surface area contributed by atoms with Gasteiger partial charge in [-0.1, -0.05) is 25.6 Å². The molecule has 3 N–H and O–H groups in total. The van der Waals surface area contributed by atoms with Gasteiger partial charge in [-0.25, -0.2) is 0 Å². The SMILES string of the molecule is CCCC(C(=O)NCC1CCOC1C)C(N)=S. The van der Waals surface area contributed by atoms with Gasteiger partial charge >= 0.3 is 0 Å². The molecular weight excluding hydrogens is 236 g/mol. The van der Waals surface area contributed by atoms with Crippen molar-refractivity contribution in [1.29, 1.82) is 0 Å². The summed E-state index contributed by atoms with van der Waals surface area (Å²) in [4.78, 5) is 12.2. The van der Waals surface area contributed by atoms with Gasteiger partial charge in [0.05, 0.1) is 17.0 Å². The van der Waals surface area contributed by atoms with Gasteiger partial charge in [0.25, 0.3) is 0 Å². The number of carbonyl (C=O) groups excluding carboxylic acids is 1. The van der Waals surface area contributed by atoms with Crippen molar-refractivity contribution < 1.29 is 9.53 Å². The highest BCUT2D eigenvalue weighted by atomic mass is 32.1. The number of hydrogen-bond acceptors (Lipinski definition) is 3. The molecule has 3 atom stereocenters. The molecule has 1 saturated heterocycles. The third-order valence-electron chi connectivity index (χ3n) is 3.31. The molecule has 1 aliphatic heterocycles. The molecule has 0 aromatic heterocycles. The van der Waals surface area contributed by atoms with Gasteiger partial charge in [-0.05, 0) is 19.8 Å². The third kappa shape index (κ3) is 4.24. The van der Waals surface area contributed by atoms with E-state index in [4.69, 9.17) is 22.7 Å². The number of nitrogens with one attached hydrogen (secondary N) is 1. The first-order chi connectivity index (χ1) is 8.06. The van der Waals surface area contributed by atoms with Crippen molar-refractivity contribution in [2.45, 2.75) is 39.2 Å². The lowest BCUT2D eigenvalue weighted by atomic mass is 10.0. The summed E-state index contributed by atoms with van der Waals surface area (Å²) in [6.45, 7) is 5.50. The van der Waals surface area contributed by atoms with Gasteiger partial charge in [0.2, 0.25) is 5.91 Å². The van der Waals surface area contributed by atoms with Crippen LogP contribution in [0.25, 0.3) is 0 Å². The monoisotopic (exact) mass is 258 g/mol. The lowest BCUT2D eigenvalue weighted by molar-refractivity contribution is -0.123. The third-order valence-corrected chi connectivity index (χ3v) is 3.59. The Balaban J connectivity index is 2.39. The topological polar surface area (TPSA) is 64.3 Å². The fraction of sp³-hybridized carbons (Fsp3) is 0.833. The Kier molecular flexibility index (Phi) is 5.85. The first-order valence-electron chi connectivity index (χ1n) is 6.24. The lowest BCUT2D eigenvalue weighted by Gasteiger charge is -2.18. The average molecular weight is 258 g/mol. The molecule has 1 aliphatic rings. The zero-order chi connectivity index (χ0) is 12.8. The van der Waals surface area contributed by atoms with Crippen molar-refractivity contribution >= 4 is 23.1 Å². The molecule has 0 aromatic rings. The van der Waals surface area contributed by atoms with Crippen LogP contribution in [0.5, 0.6) is 0 Å². The van der Waals surface area contributed by atoms with Gasteiger partial charge < -0.3 is 15.8 Å². The summed E-state index contributed by atoms with van der Waals surface area (Å²) < 4.78 is 5.45. The maximum atomic E-state index is 11.9. The minimum absolute atomic E-state index is 0.0431. The highest BCUT2D eigenvalue weighted by Crippen LogP contribution is 2.19. The van der Waals surface area contributed by atoms with Gasteiger partial charge in [0.15, 0.2) is 0 Å². The van der Waals surface area contributed by atoms with Crippen molar-refractivity contribution in [1.82, 2.24) is 5.32 Å². The van der Waals surface area contributed by atoms with Crippen LogP contribution in [0.2, 0.25) is 0 Å². The van der Waals surface area contributed by atoms with E-state index < -0.39 is 0 Å². The van der Waals surface area contributed by atoms with E-state index in [-0.39, 0.29) is 17.9 Å². The smallest absolute Gasteiger partial charge is 0.229 e. The predicted octanol–water partition coefficient (Wildman–Crippen LogP) is 1.23. The van der Waals surface area contributed by atoms with Crippen LogP contribution < -0.4 is 11.1 Å². The number of hydrogen-bond donors (Lipinski definition) is 2. The maximum Gasteiger partial charge on any atom is 0.229 e. The van der Waals surface area contributed by atoms with Crippen molar-refractivity contribution in [3.63, 3.8) is 0 Å². The molecular formula is C12H22N2O2S. The molecule has 0 bridgehead atoms. The molecule has 0 spiro atoms. The fourth-order valence-electron chi connectivity index (χ4n) is 2.09. The van der Waals surface area contributed by atoms with E-state index >= 15 is 0 Å². The molecule has 3 unspecified atom stereocenters. The molecule has 1 amide bonds. The number of thiocarbonyl (C=S) groups is 1. The largest absolute Gasteiger partial charge is 0.393 e. The maximum absolute atomic E-state index is 11.9. The molecule has 1 rings (SSSR count). The van der Waals surface area contributed by atoms with Crippen LogP contribution in [0, 0.1) is 11.8 Å². The summed E-state index contributed by atoms with van der Waals surface area (Å²) in [5, 5.41) is 2.93. The number of carbonyl (C=O) groups is 1. The van der Waals surface area contributed by atoms with Gasteiger partial charge in [-0.15, -0.1) is 0 Å². The van der Waals surface area contributed by atoms with Crippen molar-refractivity contribution in [3.8, 4) is 0 Å². The average Bonchev–Trinajstić information content (AvgIpc) is 2.68. The van der Waals surface area contributed by atoms with Crippen LogP contribution in [0.3, 0.4) is 0 Å². The van der Waals surface area contributed by atoms with Gasteiger partial charge in [0.1, 0.15) is 0 Å². The van der Waals surface area contributed by atoms with E-state index in [1.54, 1.807) is 0 Å². The van der Waals surface area contributed by atoms with Crippen LogP contribution in [-0.2, 0) is 9.53 Å². The van der Waals surface area contributed by atoms with E-state index in [2.05, 4.69) is 5.32 Å². The molecule has 0 aromatic carbocycles. The van der Waals surface area contributed by atoms with Gasteiger partial charge in [0, 0.05) is 19.1 Å². The second kappa shape index (κ2) is 6.91. The zero-order valence-electron chi connectivity index (χ0n) is 10.6. The quantitative estimate of drug-likeness (QED) is 0.703. The van der Waals surface area contributed by atoms with Crippen LogP contribution in [0.15, 0.2) is 0 Å².